The van der Waals surface area contributed by atoms with Crippen molar-refractivity contribution in [3.63, 3.8) is 0 Å². The molecule has 0 unspecified atom stereocenters. The predicted octanol–water partition coefficient (Wildman–Crippen LogP) is 1.37. The number of hydroxylamine groups is 2. The van der Waals surface area contributed by atoms with Crippen molar-refractivity contribution in [2.24, 2.45) is 0 Å². The van der Waals surface area contributed by atoms with Gasteiger partial charge in [0, 0.05) is 37.6 Å². The lowest BCUT2D eigenvalue weighted by molar-refractivity contribution is -0.172. The molecule has 0 saturated carbocycles. The van der Waals surface area contributed by atoms with Gasteiger partial charge in [0.05, 0.1) is 5.75 Å². The molecule has 3 amide bonds. The number of nitrogens with zero attached hydrogens (tertiary/aromatic N) is 2. The zero-order chi connectivity index (χ0) is 19.7. The van der Waals surface area contributed by atoms with E-state index >= 15 is 0 Å². The second kappa shape index (κ2) is 10.1. The van der Waals surface area contributed by atoms with E-state index in [0.29, 0.717) is 10.8 Å². The molecule has 1 saturated heterocycles. The Bertz CT molecular complexity index is 712. The number of allylic oxidation sites excluding steroid dienone is 3. The van der Waals surface area contributed by atoms with Gasteiger partial charge >= 0.3 is 6.09 Å². The molecule has 0 aromatic heterocycles. The van der Waals surface area contributed by atoms with Crippen LogP contribution in [-0.4, -0.2) is 65.1 Å². The van der Waals surface area contributed by atoms with Gasteiger partial charge in [-0.05, 0) is 11.6 Å². The molecule has 0 atom stereocenters. The third-order valence-electron chi connectivity index (χ3n) is 3.06. The Morgan fingerprint density at radius 1 is 1.38 bits per heavy atom. The van der Waals surface area contributed by atoms with Gasteiger partial charge in [-0.3, -0.25) is 19.0 Å². The zero-order valence-electron chi connectivity index (χ0n) is 14.2. The summed E-state index contributed by atoms with van der Waals surface area (Å²) in [6, 6.07) is 0. The van der Waals surface area contributed by atoms with Crippen molar-refractivity contribution in [1.29, 1.82) is 0 Å². The molecule has 0 bridgehead atoms. The Morgan fingerprint density at radius 3 is 2.54 bits per heavy atom. The Hall–Kier alpha value is -2.11. The van der Waals surface area contributed by atoms with E-state index in [2.05, 4.69) is 6.58 Å². The summed E-state index contributed by atoms with van der Waals surface area (Å²) in [7, 11) is -2.61. The first-order valence-corrected chi connectivity index (χ1v) is 10.2. The lowest BCUT2D eigenvalue weighted by Gasteiger charge is -2.17. The first-order valence-electron chi connectivity index (χ1n) is 7.47. The van der Waals surface area contributed by atoms with Crippen LogP contribution in [0.4, 0.5) is 4.79 Å². The van der Waals surface area contributed by atoms with Crippen LogP contribution in [0, 0.1) is 0 Å². The van der Waals surface area contributed by atoms with Gasteiger partial charge in [0.25, 0.3) is 21.9 Å². The van der Waals surface area contributed by atoms with E-state index in [1.807, 2.05) is 0 Å². The van der Waals surface area contributed by atoms with E-state index in [1.54, 1.807) is 12.2 Å². The molecule has 0 aliphatic carbocycles. The van der Waals surface area contributed by atoms with E-state index in [4.69, 9.17) is 9.39 Å². The summed E-state index contributed by atoms with van der Waals surface area (Å²) in [5.41, 5.74) is 0.730. The number of imide groups is 1. The first kappa shape index (κ1) is 21.9. The van der Waals surface area contributed by atoms with Crippen LogP contribution >= 0.6 is 11.8 Å². The molecular weight excluding hydrogens is 384 g/mol. The summed E-state index contributed by atoms with van der Waals surface area (Å²) < 4.78 is 30.0. The minimum Gasteiger partial charge on any atom is -0.310 e. The van der Waals surface area contributed by atoms with Gasteiger partial charge in [-0.15, -0.1) is 5.06 Å². The predicted molar refractivity (Wildman–Crippen MR) is 96.5 cm³/mol. The van der Waals surface area contributed by atoms with Crippen molar-refractivity contribution >= 4 is 39.8 Å². The largest absolute Gasteiger partial charge is 0.438 e. The van der Waals surface area contributed by atoms with E-state index in [-0.39, 0.29) is 24.3 Å². The fourth-order valence-corrected chi connectivity index (χ4v) is 3.61. The Balaban J connectivity index is 2.55. The van der Waals surface area contributed by atoms with Crippen LogP contribution < -0.4 is 0 Å². The topological polar surface area (TPSA) is 121 Å². The fraction of sp³-hybridized carbons (Fsp3) is 0.400. The summed E-state index contributed by atoms with van der Waals surface area (Å²) in [6.45, 7) is 3.57. The van der Waals surface area contributed by atoms with Crippen molar-refractivity contribution < 1.29 is 32.2 Å². The minimum atomic E-state index is -4.00. The van der Waals surface area contributed by atoms with Crippen LogP contribution in [0.1, 0.15) is 12.8 Å². The molecule has 0 aromatic carbocycles. The Morgan fingerprint density at radius 2 is 2.00 bits per heavy atom. The highest BCUT2D eigenvalue weighted by atomic mass is 32.2. The molecule has 1 fully saturated rings. The molecule has 1 aliphatic rings. The molecule has 144 valence electrons. The van der Waals surface area contributed by atoms with Crippen molar-refractivity contribution in [2.45, 2.75) is 12.8 Å². The summed E-state index contributed by atoms with van der Waals surface area (Å²) in [4.78, 5) is 40.5. The number of hydrogen-bond donors (Lipinski definition) is 1. The summed E-state index contributed by atoms with van der Waals surface area (Å²) >= 11 is 1.28. The highest BCUT2D eigenvalue weighted by molar-refractivity contribution is 8.00. The van der Waals surface area contributed by atoms with Crippen molar-refractivity contribution in [3.05, 3.63) is 36.6 Å². The van der Waals surface area contributed by atoms with E-state index in [9.17, 15) is 22.8 Å². The summed E-state index contributed by atoms with van der Waals surface area (Å²) in [5, 5.41) is 0.457. The number of carbonyl (C=O) groups is 3. The van der Waals surface area contributed by atoms with Crippen molar-refractivity contribution in [1.82, 2.24) is 9.96 Å². The van der Waals surface area contributed by atoms with Crippen LogP contribution in [0.25, 0.3) is 0 Å². The Labute approximate surface area is 156 Å². The van der Waals surface area contributed by atoms with Gasteiger partial charge in [-0.1, -0.05) is 18.7 Å². The summed E-state index contributed by atoms with van der Waals surface area (Å²) in [6.07, 6.45) is 5.29. The maximum atomic E-state index is 11.9. The summed E-state index contributed by atoms with van der Waals surface area (Å²) in [5.74, 6) is -0.860. The molecule has 9 nitrogen and oxygen atoms in total. The van der Waals surface area contributed by atoms with Crippen molar-refractivity contribution in [2.75, 3.05) is 24.3 Å². The van der Waals surface area contributed by atoms with Crippen LogP contribution in [0.3, 0.4) is 0 Å². The standard InChI is InChI=1S/C15H20N2O7S2/c1-3-4-12(11-25-9-10-26(21,22)23)7-8-16(2)15(20)24-17-13(18)5-6-14(17)19/h3-4,7-8H,1,5-6,9-11H2,2H3,(H,21,22,23)/b8-7-,12-4+. The lowest BCUT2D eigenvalue weighted by Crippen LogP contribution is -2.36. The van der Waals surface area contributed by atoms with Gasteiger partial charge < -0.3 is 4.84 Å². The number of amides is 3. The number of rotatable bonds is 9. The molecule has 26 heavy (non-hydrogen) atoms. The molecule has 1 aliphatic heterocycles. The van der Waals surface area contributed by atoms with Crippen LogP contribution in [0.15, 0.2) is 36.6 Å². The van der Waals surface area contributed by atoms with E-state index < -0.39 is 28.0 Å². The van der Waals surface area contributed by atoms with Crippen LogP contribution in [0.2, 0.25) is 0 Å². The average molecular weight is 404 g/mol. The molecule has 1 rings (SSSR count). The van der Waals surface area contributed by atoms with Gasteiger partial charge in [0.1, 0.15) is 0 Å². The SMILES string of the molecule is C=C/C=C(\C=C/N(C)C(=O)ON1C(=O)CCC1=O)CSCCS(=O)(=O)O. The number of carbonyl (C=O) groups excluding carboxylic acids is 3. The van der Waals surface area contributed by atoms with Crippen LogP contribution in [0.5, 0.6) is 0 Å². The molecular formula is C15H20N2O7S2. The second-order valence-electron chi connectivity index (χ2n) is 5.18. The van der Waals surface area contributed by atoms with Gasteiger partial charge in [-0.2, -0.15) is 20.2 Å². The lowest BCUT2D eigenvalue weighted by atomic mass is 10.3. The maximum absolute atomic E-state index is 11.9. The second-order valence-corrected chi connectivity index (χ2v) is 7.86. The molecule has 1 N–H and O–H groups in total. The van der Waals surface area contributed by atoms with Gasteiger partial charge in [0.2, 0.25) is 0 Å². The highest BCUT2D eigenvalue weighted by Gasteiger charge is 2.33. The molecule has 11 heteroatoms. The maximum Gasteiger partial charge on any atom is 0.438 e. The first-order chi connectivity index (χ1) is 12.1. The third-order valence-corrected chi connectivity index (χ3v) is 5.07. The molecule has 0 spiro atoms. The third kappa shape index (κ3) is 7.85. The fourth-order valence-electron chi connectivity index (χ4n) is 1.73. The zero-order valence-corrected chi connectivity index (χ0v) is 15.8. The number of hydrogen-bond acceptors (Lipinski definition) is 7. The quantitative estimate of drug-likeness (QED) is 0.265. The molecule has 0 radical (unpaired) electrons. The molecule has 1 heterocycles. The average Bonchev–Trinajstić information content (AvgIpc) is 2.87. The molecule has 0 aromatic rings. The van der Waals surface area contributed by atoms with E-state index in [0.717, 1.165) is 10.5 Å². The monoisotopic (exact) mass is 404 g/mol. The number of thioether (sulfide) groups is 1. The van der Waals surface area contributed by atoms with Crippen LogP contribution in [-0.2, 0) is 24.5 Å². The van der Waals surface area contributed by atoms with E-state index in [1.165, 1.54) is 31.1 Å². The highest BCUT2D eigenvalue weighted by Crippen LogP contribution is 2.14. The normalized spacial score (nSPS) is 15.6. The van der Waals surface area contributed by atoms with Gasteiger partial charge in [0.15, 0.2) is 0 Å². The Kier molecular flexibility index (Phi) is 8.55. The van der Waals surface area contributed by atoms with Gasteiger partial charge in [-0.25, -0.2) is 4.79 Å². The smallest absolute Gasteiger partial charge is 0.310 e. The minimum absolute atomic E-state index is 0.0126. The van der Waals surface area contributed by atoms with Crippen molar-refractivity contribution in [3.8, 4) is 0 Å².